The SMILES string of the molecule is C1=CC2=CN(C1)CCCCCCCCCCC1=CN(CC=C1)CCCCCCCCC2. The van der Waals surface area contributed by atoms with Crippen molar-refractivity contribution in [2.45, 2.75) is 109 Å². The number of fused-ring (bicyclic) bond motifs is 2. The summed E-state index contributed by atoms with van der Waals surface area (Å²) in [5.74, 6) is 0. The van der Waals surface area contributed by atoms with Gasteiger partial charge in [0, 0.05) is 38.6 Å². The van der Waals surface area contributed by atoms with Crippen LogP contribution in [0.5, 0.6) is 0 Å². The first kappa shape index (κ1) is 24.2. The van der Waals surface area contributed by atoms with Gasteiger partial charge in [-0.1, -0.05) is 94.9 Å². The first-order valence-electron chi connectivity index (χ1n) is 13.6. The normalized spacial score (nSPS) is 24.0. The molecule has 3 heterocycles. The lowest BCUT2D eigenvalue weighted by molar-refractivity contribution is 0.387. The van der Waals surface area contributed by atoms with Crippen LogP contribution in [0.3, 0.4) is 0 Å². The van der Waals surface area contributed by atoms with Gasteiger partial charge in [-0.25, -0.2) is 0 Å². The van der Waals surface area contributed by atoms with Crippen LogP contribution in [-0.2, 0) is 0 Å². The van der Waals surface area contributed by atoms with E-state index in [-0.39, 0.29) is 0 Å². The molecule has 4 bridgehead atoms. The van der Waals surface area contributed by atoms with Gasteiger partial charge in [-0.2, -0.15) is 0 Å². The molecular formula is C29H48N2. The van der Waals surface area contributed by atoms with Crippen molar-refractivity contribution >= 4 is 0 Å². The average Bonchev–Trinajstić information content (AvgIpc) is 2.79. The van der Waals surface area contributed by atoms with Gasteiger partial charge >= 0.3 is 0 Å². The van der Waals surface area contributed by atoms with Crippen molar-refractivity contribution in [1.82, 2.24) is 9.80 Å². The van der Waals surface area contributed by atoms with Gasteiger partial charge in [0.1, 0.15) is 0 Å². The number of nitrogens with zero attached hydrogens (tertiary/aromatic N) is 2. The van der Waals surface area contributed by atoms with Crippen LogP contribution >= 0.6 is 0 Å². The average molecular weight is 425 g/mol. The van der Waals surface area contributed by atoms with E-state index in [4.69, 9.17) is 0 Å². The van der Waals surface area contributed by atoms with Crippen LogP contribution < -0.4 is 0 Å². The van der Waals surface area contributed by atoms with Crippen molar-refractivity contribution in [1.29, 1.82) is 0 Å². The van der Waals surface area contributed by atoms with E-state index < -0.39 is 0 Å². The molecule has 0 aromatic carbocycles. The van der Waals surface area contributed by atoms with E-state index in [2.05, 4.69) is 46.5 Å². The second kappa shape index (κ2) is 15.4. The molecule has 3 rings (SSSR count). The van der Waals surface area contributed by atoms with Gasteiger partial charge in [0.2, 0.25) is 0 Å². The maximum atomic E-state index is 2.55. The molecule has 174 valence electrons. The molecule has 31 heavy (non-hydrogen) atoms. The third kappa shape index (κ3) is 10.6. The van der Waals surface area contributed by atoms with Crippen molar-refractivity contribution < 1.29 is 0 Å². The number of rotatable bonds is 0. The highest BCUT2D eigenvalue weighted by Gasteiger charge is 2.07. The molecule has 0 fully saturated rings. The minimum atomic E-state index is 1.12. The lowest BCUT2D eigenvalue weighted by atomic mass is 10.0. The fourth-order valence-electron chi connectivity index (χ4n) is 5.18. The molecule has 0 saturated heterocycles. The van der Waals surface area contributed by atoms with Gasteiger partial charge in [0.15, 0.2) is 0 Å². The Kier molecular flexibility index (Phi) is 12.0. The quantitative estimate of drug-likeness (QED) is 0.387. The van der Waals surface area contributed by atoms with Gasteiger partial charge in [-0.05, 0) is 49.7 Å². The monoisotopic (exact) mass is 424 g/mol. The third-order valence-corrected chi connectivity index (χ3v) is 7.11. The Bertz CT molecular complexity index is 598. The van der Waals surface area contributed by atoms with E-state index in [1.807, 2.05) is 0 Å². The molecule has 0 amide bonds. The molecule has 2 nitrogen and oxygen atoms in total. The third-order valence-electron chi connectivity index (χ3n) is 7.11. The number of hydrogen-bond acceptors (Lipinski definition) is 2. The van der Waals surface area contributed by atoms with E-state index in [9.17, 15) is 0 Å². The van der Waals surface area contributed by atoms with Crippen LogP contribution in [0.2, 0.25) is 0 Å². The highest BCUT2D eigenvalue weighted by Crippen LogP contribution is 2.19. The van der Waals surface area contributed by atoms with Crippen molar-refractivity contribution in [3.05, 3.63) is 47.9 Å². The summed E-state index contributed by atoms with van der Waals surface area (Å²) < 4.78 is 0. The maximum Gasteiger partial charge on any atom is 0.0357 e. The predicted octanol–water partition coefficient (Wildman–Crippen LogP) is 8.14. The summed E-state index contributed by atoms with van der Waals surface area (Å²) in [6.45, 7) is 4.72. The van der Waals surface area contributed by atoms with Crippen LogP contribution in [0.25, 0.3) is 0 Å². The molecule has 0 spiro atoms. The highest BCUT2D eigenvalue weighted by atomic mass is 15.1. The summed E-state index contributed by atoms with van der Waals surface area (Å²) in [5.41, 5.74) is 3.11. The number of hydrogen-bond donors (Lipinski definition) is 0. The number of allylic oxidation sites excluding steroid dienone is 4. The van der Waals surface area contributed by atoms with Gasteiger partial charge in [-0.15, -0.1) is 0 Å². The van der Waals surface area contributed by atoms with Crippen molar-refractivity contribution in [3.63, 3.8) is 0 Å². The fourth-order valence-corrected chi connectivity index (χ4v) is 5.18. The zero-order chi connectivity index (χ0) is 21.4. The van der Waals surface area contributed by atoms with Crippen molar-refractivity contribution in [3.8, 4) is 0 Å². The summed E-state index contributed by atoms with van der Waals surface area (Å²) in [6.07, 6.45) is 37.9. The topological polar surface area (TPSA) is 6.48 Å². The lowest BCUT2D eigenvalue weighted by Gasteiger charge is -2.23. The Labute approximate surface area is 193 Å². The molecule has 0 atom stereocenters. The summed E-state index contributed by atoms with van der Waals surface area (Å²) in [4.78, 5) is 5.09. The molecule has 3 aliphatic rings. The fraction of sp³-hybridized carbons (Fsp3) is 0.724. The Morgan fingerprint density at radius 1 is 0.419 bits per heavy atom. The lowest BCUT2D eigenvalue weighted by Crippen LogP contribution is -2.21. The van der Waals surface area contributed by atoms with Crippen LogP contribution in [0.15, 0.2) is 47.9 Å². The second-order valence-corrected chi connectivity index (χ2v) is 10.0. The van der Waals surface area contributed by atoms with Crippen LogP contribution in [-0.4, -0.2) is 36.0 Å². The first-order valence-corrected chi connectivity index (χ1v) is 13.6. The van der Waals surface area contributed by atoms with E-state index in [1.54, 1.807) is 11.1 Å². The summed E-state index contributed by atoms with van der Waals surface area (Å²) in [6, 6.07) is 0. The molecule has 0 aliphatic carbocycles. The Morgan fingerprint density at radius 3 is 1.19 bits per heavy atom. The van der Waals surface area contributed by atoms with Gasteiger partial charge in [-0.3, -0.25) is 0 Å². The summed E-state index contributed by atoms with van der Waals surface area (Å²) in [7, 11) is 0. The van der Waals surface area contributed by atoms with Gasteiger partial charge in [0.05, 0.1) is 0 Å². The summed E-state index contributed by atoms with van der Waals surface area (Å²) >= 11 is 0. The van der Waals surface area contributed by atoms with Crippen LogP contribution in [0.1, 0.15) is 109 Å². The van der Waals surface area contributed by atoms with E-state index in [0.717, 1.165) is 13.1 Å². The molecule has 2 heteroatoms. The standard InChI is InChI=1S/C29H48N2/c1-2-6-10-14-22-30-24-17-21-29(27-30)19-13-9-5-3-7-11-15-23-31-25-16-20-28(26-31)18-12-8-4-1/h16-17,20-21,26-27H,1-15,18-19,22-25H2. The molecule has 0 saturated carbocycles. The van der Waals surface area contributed by atoms with Crippen molar-refractivity contribution in [2.24, 2.45) is 0 Å². The summed E-state index contributed by atoms with van der Waals surface area (Å²) in [5, 5.41) is 0. The maximum absolute atomic E-state index is 2.55. The van der Waals surface area contributed by atoms with E-state index >= 15 is 0 Å². The molecule has 0 aromatic rings. The Balaban J connectivity index is 1.39. The second-order valence-electron chi connectivity index (χ2n) is 10.0. The van der Waals surface area contributed by atoms with Gasteiger partial charge < -0.3 is 9.80 Å². The molecule has 0 aromatic heterocycles. The zero-order valence-corrected chi connectivity index (χ0v) is 20.2. The van der Waals surface area contributed by atoms with Crippen LogP contribution in [0, 0.1) is 0 Å². The van der Waals surface area contributed by atoms with E-state index in [1.165, 1.54) is 122 Å². The predicted molar refractivity (Wildman–Crippen MR) is 136 cm³/mol. The minimum Gasteiger partial charge on any atom is -0.373 e. The largest absolute Gasteiger partial charge is 0.373 e. The minimum absolute atomic E-state index is 1.12. The Morgan fingerprint density at radius 2 is 0.774 bits per heavy atom. The smallest absolute Gasteiger partial charge is 0.0357 e. The molecule has 3 aliphatic heterocycles. The van der Waals surface area contributed by atoms with Crippen molar-refractivity contribution in [2.75, 3.05) is 26.2 Å². The highest BCUT2D eigenvalue weighted by molar-refractivity contribution is 5.22. The molecule has 0 N–H and O–H groups in total. The van der Waals surface area contributed by atoms with E-state index in [0.29, 0.717) is 0 Å². The first-order chi connectivity index (χ1) is 15.4. The van der Waals surface area contributed by atoms with Crippen LogP contribution in [0.4, 0.5) is 0 Å². The zero-order valence-electron chi connectivity index (χ0n) is 20.2. The molecule has 0 radical (unpaired) electrons. The van der Waals surface area contributed by atoms with Gasteiger partial charge in [0.25, 0.3) is 0 Å². The molecular weight excluding hydrogens is 376 g/mol. The molecule has 0 unspecified atom stereocenters. The Hall–Kier alpha value is -1.44.